The summed E-state index contributed by atoms with van der Waals surface area (Å²) in [5.41, 5.74) is 7.12. The Morgan fingerprint density at radius 1 is 1.65 bits per heavy atom. The summed E-state index contributed by atoms with van der Waals surface area (Å²) in [6, 6.07) is 0. The number of ether oxygens (including phenoxy) is 1. The van der Waals surface area contributed by atoms with E-state index in [1.807, 2.05) is 13.8 Å². The van der Waals surface area contributed by atoms with E-state index in [-0.39, 0.29) is 23.3 Å². The fourth-order valence-electron chi connectivity index (χ4n) is 3.68. The molecule has 6 heteroatoms. The lowest BCUT2D eigenvalue weighted by molar-refractivity contribution is -0.225. The number of fused-ring (bicyclic) bond motifs is 1. The Hall–Kier alpha value is -0.980. The van der Waals surface area contributed by atoms with Gasteiger partial charge in [0, 0.05) is 29.0 Å². The number of rotatable bonds is 3. The molecule has 20 heavy (non-hydrogen) atoms. The molecule has 3 rings (SSSR count). The van der Waals surface area contributed by atoms with Gasteiger partial charge in [-0.25, -0.2) is 0 Å². The molecule has 3 N–H and O–H groups in total. The molecule has 0 radical (unpaired) electrons. The highest BCUT2D eigenvalue weighted by molar-refractivity contribution is 7.09. The van der Waals surface area contributed by atoms with Crippen molar-refractivity contribution in [3.05, 3.63) is 16.6 Å². The normalized spacial score (nSPS) is 35.0. The highest BCUT2D eigenvalue weighted by Crippen LogP contribution is 2.57. The Balaban J connectivity index is 1.72. The number of nitrogens with two attached hydrogens (primary N) is 1. The summed E-state index contributed by atoms with van der Waals surface area (Å²) in [5, 5.41) is 2.97. The van der Waals surface area contributed by atoms with Gasteiger partial charge in [0.1, 0.15) is 5.54 Å². The van der Waals surface area contributed by atoms with Crippen molar-refractivity contribution in [2.75, 3.05) is 6.61 Å². The average Bonchev–Trinajstić information content (AvgIpc) is 2.97. The van der Waals surface area contributed by atoms with Crippen LogP contribution in [0.1, 0.15) is 31.6 Å². The SMILES string of the molecule is CC1(C)C2OCCCC2C1(N)C(=O)NCc1cncs1. The summed E-state index contributed by atoms with van der Waals surface area (Å²) in [5.74, 6) is 0.0651. The van der Waals surface area contributed by atoms with Crippen molar-refractivity contribution < 1.29 is 9.53 Å². The van der Waals surface area contributed by atoms with E-state index in [0.717, 1.165) is 24.3 Å². The molecular formula is C14H21N3O2S. The summed E-state index contributed by atoms with van der Waals surface area (Å²) in [4.78, 5) is 17.6. The van der Waals surface area contributed by atoms with Crippen LogP contribution in [0.25, 0.3) is 0 Å². The van der Waals surface area contributed by atoms with E-state index < -0.39 is 5.54 Å². The van der Waals surface area contributed by atoms with Crippen LogP contribution in [0.2, 0.25) is 0 Å². The van der Waals surface area contributed by atoms with Crippen LogP contribution in [0.15, 0.2) is 11.7 Å². The second-order valence-electron chi connectivity index (χ2n) is 6.28. The van der Waals surface area contributed by atoms with E-state index >= 15 is 0 Å². The van der Waals surface area contributed by atoms with E-state index in [4.69, 9.17) is 10.5 Å². The second-order valence-corrected chi connectivity index (χ2v) is 7.25. The number of carbonyl (C=O) groups is 1. The maximum Gasteiger partial charge on any atom is 0.241 e. The van der Waals surface area contributed by atoms with Crippen LogP contribution < -0.4 is 11.1 Å². The van der Waals surface area contributed by atoms with Crippen molar-refractivity contribution in [2.24, 2.45) is 17.1 Å². The fraction of sp³-hybridized carbons (Fsp3) is 0.714. The molecule has 1 amide bonds. The molecular weight excluding hydrogens is 274 g/mol. The zero-order chi connectivity index (χ0) is 14.4. The Morgan fingerprint density at radius 2 is 2.45 bits per heavy atom. The van der Waals surface area contributed by atoms with Crippen LogP contribution in [0.4, 0.5) is 0 Å². The minimum atomic E-state index is -0.831. The summed E-state index contributed by atoms with van der Waals surface area (Å²) >= 11 is 1.53. The van der Waals surface area contributed by atoms with E-state index in [2.05, 4.69) is 10.3 Å². The molecule has 2 heterocycles. The number of aromatic nitrogens is 1. The summed E-state index contributed by atoms with van der Waals surface area (Å²) in [6.45, 7) is 5.34. The first-order chi connectivity index (χ1) is 9.48. The maximum absolute atomic E-state index is 12.6. The van der Waals surface area contributed by atoms with Crippen LogP contribution in [-0.2, 0) is 16.1 Å². The maximum atomic E-state index is 12.6. The molecule has 0 aromatic carbocycles. The number of nitrogens with one attached hydrogen (secondary N) is 1. The molecule has 1 aromatic rings. The molecule has 1 aromatic heterocycles. The zero-order valence-corrected chi connectivity index (χ0v) is 12.7. The first-order valence-corrected chi connectivity index (χ1v) is 7.92. The van der Waals surface area contributed by atoms with Crippen LogP contribution in [0.5, 0.6) is 0 Å². The van der Waals surface area contributed by atoms with Gasteiger partial charge in [-0.1, -0.05) is 13.8 Å². The van der Waals surface area contributed by atoms with E-state index in [1.54, 1.807) is 11.7 Å². The summed E-state index contributed by atoms with van der Waals surface area (Å²) in [7, 11) is 0. The fourth-order valence-corrected chi connectivity index (χ4v) is 4.21. The second kappa shape index (κ2) is 4.79. The molecule has 0 spiro atoms. The first kappa shape index (κ1) is 14.0. The number of nitrogens with zero attached hydrogens (tertiary/aromatic N) is 1. The van der Waals surface area contributed by atoms with Crippen LogP contribution >= 0.6 is 11.3 Å². The lowest BCUT2D eigenvalue weighted by atomic mass is 9.46. The minimum absolute atomic E-state index is 0.0670. The predicted molar refractivity (Wildman–Crippen MR) is 77.1 cm³/mol. The molecule has 110 valence electrons. The topological polar surface area (TPSA) is 77.2 Å². The molecule has 1 aliphatic carbocycles. The average molecular weight is 295 g/mol. The van der Waals surface area contributed by atoms with Gasteiger partial charge in [0.15, 0.2) is 0 Å². The van der Waals surface area contributed by atoms with Gasteiger partial charge in [0.05, 0.1) is 18.2 Å². The zero-order valence-electron chi connectivity index (χ0n) is 11.9. The van der Waals surface area contributed by atoms with Gasteiger partial charge in [-0.05, 0) is 12.8 Å². The van der Waals surface area contributed by atoms with Gasteiger partial charge >= 0.3 is 0 Å². The lowest BCUT2D eigenvalue weighted by Gasteiger charge is -2.65. The van der Waals surface area contributed by atoms with Crippen LogP contribution in [0, 0.1) is 11.3 Å². The quantitative estimate of drug-likeness (QED) is 0.881. The first-order valence-electron chi connectivity index (χ1n) is 7.04. The largest absolute Gasteiger partial charge is 0.377 e. The van der Waals surface area contributed by atoms with Crippen molar-refractivity contribution in [2.45, 2.75) is 44.9 Å². The predicted octanol–water partition coefficient (Wildman–Crippen LogP) is 1.29. The Bertz CT molecular complexity index is 503. The third-order valence-electron chi connectivity index (χ3n) is 4.97. The molecule has 0 bridgehead atoms. The minimum Gasteiger partial charge on any atom is -0.377 e. The number of amides is 1. The van der Waals surface area contributed by atoms with E-state index in [9.17, 15) is 4.79 Å². The van der Waals surface area contributed by atoms with Gasteiger partial charge < -0.3 is 15.8 Å². The number of thiazole rings is 1. The Morgan fingerprint density at radius 3 is 3.15 bits per heavy atom. The van der Waals surface area contributed by atoms with Crippen molar-refractivity contribution in [1.82, 2.24) is 10.3 Å². The molecule has 3 atom stereocenters. The summed E-state index contributed by atoms with van der Waals surface area (Å²) < 4.78 is 5.82. The van der Waals surface area contributed by atoms with Crippen molar-refractivity contribution in [1.29, 1.82) is 0 Å². The highest BCUT2D eigenvalue weighted by Gasteiger charge is 2.70. The number of hydrogen-bond acceptors (Lipinski definition) is 5. The highest BCUT2D eigenvalue weighted by atomic mass is 32.1. The molecule has 1 aliphatic heterocycles. The van der Waals surface area contributed by atoms with Crippen LogP contribution in [-0.4, -0.2) is 29.1 Å². The standard InChI is InChI=1S/C14H21N3O2S/c1-13(2)11-10(4-3-5-19-11)14(13,15)12(18)17-7-9-6-16-8-20-9/h6,8,10-11H,3-5,7,15H2,1-2H3,(H,17,18). The molecule has 2 aliphatic rings. The smallest absolute Gasteiger partial charge is 0.241 e. The van der Waals surface area contributed by atoms with E-state index in [0.29, 0.717) is 6.54 Å². The molecule has 5 nitrogen and oxygen atoms in total. The van der Waals surface area contributed by atoms with Crippen molar-refractivity contribution in [3.63, 3.8) is 0 Å². The summed E-state index contributed by atoms with van der Waals surface area (Å²) in [6.07, 6.45) is 3.83. The third kappa shape index (κ3) is 1.82. The van der Waals surface area contributed by atoms with Gasteiger partial charge in [-0.3, -0.25) is 9.78 Å². The lowest BCUT2D eigenvalue weighted by Crippen LogP contribution is -2.82. The van der Waals surface area contributed by atoms with Gasteiger partial charge in [0.25, 0.3) is 0 Å². The van der Waals surface area contributed by atoms with Gasteiger partial charge in [-0.2, -0.15) is 0 Å². The van der Waals surface area contributed by atoms with E-state index in [1.165, 1.54) is 11.3 Å². The Labute approximate surface area is 122 Å². The van der Waals surface area contributed by atoms with Crippen LogP contribution in [0.3, 0.4) is 0 Å². The van der Waals surface area contributed by atoms with Gasteiger partial charge in [0.2, 0.25) is 5.91 Å². The molecule has 1 saturated carbocycles. The van der Waals surface area contributed by atoms with Gasteiger partial charge in [-0.15, -0.1) is 11.3 Å². The van der Waals surface area contributed by atoms with Crippen molar-refractivity contribution >= 4 is 17.2 Å². The molecule has 2 fully saturated rings. The number of carbonyl (C=O) groups excluding carboxylic acids is 1. The Kier molecular flexibility index (Phi) is 3.35. The molecule has 1 saturated heterocycles. The van der Waals surface area contributed by atoms with Crippen molar-refractivity contribution in [3.8, 4) is 0 Å². The monoisotopic (exact) mass is 295 g/mol. The molecule has 3 unspecified atom stereocenters. The number of hydrogen-bond donors (Lipinski definition) is 2. The third-order valence-corrected chi connectivity index (χ3v) is 5.75.